The molecule has 7 nitrogen and oxygen atoms in total. The lowest BCUT2D eigenvalue weighted by Crippen LogP contribution is -2.37. The number of hydrogen-bond donors (Lipinski definition) is 2. The average molecular weight is 463 g/mol. The molecule has 1 saturated heterocycles. The molecule has 168 valence electrons. The molecule has 0 aliphatic carbocycles. The fourth-order valence-corrected chi connectivity index (χ4v) is 3.84. The lowest BCUT2D eigenvalue weighted by atomic mass is 10.1. The van der Waals surface area contributed by atoms with Crippen molar-refractivity contribution in [3.8, 4) is 11.4 Å². The second kappa shape index (κ2) is 9.61. The lowest BCUT2D eigenvalue weighted by molar-refractivity contribution is -0.137. The highest BCUT2D eigenvalue weighted by molar-refractivity contribution is 7.99. The van der Waals surface area contributed by atoms with E-state index >= 15 is 0 Å². The summed E-state index contributed by atoms with van der Waals surface area (Å²) in [5, 5.41) is 9.89. The third-order valence-electron chi connectivity index (χ3n) is 4.79. The van der Waals surface area contributed by atoms with Gasteiger partial charge in [-0.2, -0.15) is 13.2 Å². The maximum Gasteiger partial charge on any atom is 0.416 e. The predicted octanol–water partition coefficient (Wildman–Crippen LogP) is 4.06. The summed E-state index contributed by atoms with van der Waals surface area (Å²) >= 11 is 1.09. The van der Waals surface area contributed by atoms with Gasteiger partial charge in [-0.1, -0.05) is 42.1 Å². The van der Waals surface area contributed by atoms with Crippen molar-refractivity contribution < 1.29 is 22.7 Å². The van der Waals surface area contributed by atoms with Crippen molar-refractivity contribution in [2.75, 3.05) is 42.3 Å². The van der Waals surface area contributed by atoms with Crippen molar-refractivity contribution in [3.63, 3.8) is 0 Å². The first-order chi connectivity index (χ1) is 15.4. The van der Waals surface area contributed by atoms with Crippen molar-refractivity contribution >= 4 is 29.0 Å². The molecule has 2 heterocycles. The van der Waals surface area contributed by atoms with Crippen LogP contribution in [0.3, 0.4) is 0 Å². The van der Waals surface area contributed by atoms with Crippen LogP contribution in [0, 0.1) is 0 Å². The van der Waals surface area contributed by atoms with Crippen LogP contribution >= 0.6 is 11.8 Å². The number of H-pyrrole nitrogens is 1. The number of morpholine rings is 1. The van der Waals surface area contributed by atoms with Gasteiger partial charge < -0.3 is 15.0 Å². The summed E-state index contributed by atoms with van der Waals surface area (Å²) in [7, 11) is 0. The molecule has 1 fully saturated rings. The Labute approximate surface area is 186 Å². The Morgan fingerprint density at radius 3 is 2.62 bits per heavy atom. The van der Waals surface area contributed by atoms with Gasteiger partial charge >= 0.3 is 6.18 Å². The Bertz CT molecular complexity index is 1070. The second-order valence-electron chi connectivity index (χ2n) is 7.00. The van der Waals surface area contributed by atoms with Gasteiger partial charge in [-0.25, -0.2) is 4.98 Å². The summed E-state index contributed by atoms with van der Waals surface area (Å²) in [6.07, 6.45) is -4.51. The van der Waals surface area contributed by atoms with Crippen LogP contribution < -0.4 is 10.2 Å². The molecule has 1 amide bonds. The summed E-state index contributed by atoms with van der Waals surface area (Å²) in [6.45, 7) is 2.00. The summed E-state index contributed by atoms with van der Waals surface area (Å²) < 4.78 is 45.0. The SMILES string of the molecule is O=C(CSc1n[nH]c(-c2ccccc2)n1)Nc1cc(C(F)(F)F)ccc1N1CCOCC1. The second-order valence-corrected chi connectivity index (χ2v) is 7.94. The Morgan fingerprint density at radius 2 is 1.91 bits per heavy atom. The number of aromatic amines is 1. The van der Waals surface area contributed by atoms with E-state index < -0.39 is 17.6 Å². The lowest BCUT2D eigenvalue weighted by Gasteiger charge is -2.31. The standard InChI is InChI=1S/C21H20F3N5O2S/c22-21(23,24)15-6-7-17(29-8-10-31-11-9-29)16(12-15)25-18(30)13-32-20-26-19(27-28-20)14-4-2-1-3-5-14/h1-7,12H,8-11,13H2,(H,25,30)(H,26,27,28). The molecule has 2 N–H and O–H groups in total. The largest absolute Gasteiger partial charge is 0.416 e. The highest BCUT2D eigenvalue weighted by Crippen LogP contribution is 2.36. The molecular weight excluding hydrogens is 443 g/mol. The fraction of sp³-hybridized carbons (Fsp3) is 0.286. The number of hydrogen-bond acceptors (Lipinski definition) is 6. The summed E-state index contributed by atoms with van der Waals surface area (Å²) in [4.78, 5) is 18.8. The molecule has 1 aliphatic heterocycles. The maximum atomic E-state index is 13.2. The van der Waals surface area contributed by atoms with E-state index in [0.717, 1.165) is 29.5 Å². The fourth-order valence-electron chi connectivity index (χ4n) is 3.24. The van der Waals surface area contributed by atoms with E-state index in [4.69, 9.17) is 4.74 Å². The van der Waals surface area contributed by atoms with Gasteiger partial charge in [0, 0.05) is 18.7 Å². The Kier molecular flexibility index (Phi) is 6.66. The molecule has 11 heteroatoms. The normalized spacial score (nSPS) is 14.4. The number of anilines is 2. The van der Waals surface area contributed by atoms with E-state index in [1.54, 1.807) is 0 Å². The third-order valence-corrected chi connectivity index (χ3v) is 5.64. The Morgan fingerprint density at radius 1 is 1.16 bits per heavy atom. The zero-order valence-electron chi connectivity index (χ0n) is 16.9. The average Bonchev–Trinajstić information content (AvgIpc) is 3.27. The van der Waals surface area contributed by atoms with Crippen LogP contribution in [0.2, 0.25) is 0 Å². The molecule has 32 heavy (non-hydrogen) atoms. The van der Waals surface area contributed by atoms with Gasteiger partial charge in [0.1, 0.15) is 0 Å². The number of carbonyl (C=O) groups excluding carboxylic acids is 1. The van der Waals surface area contributed by atoms with Gasteiger partial charge in [0.2, 0.25) is 11.1 Å². The van der Waals surface area contributed by atoms with Gasteiger partial charge in [-0.05, 0) is 18.2 Å². The smallest absolute Gasteiger partial charge is 0.378 e. The molecular formula is C21H20F3N5O2S. The van der Waals surface area contributed by atoms with Crippen LogP contribution in [-0.2, 0) is 15.7 Å². The van der Waals surface area contributed by atoms with Gasteiger partial charge in [0.05, 0.1) is 35.9 Å². The maximum absolute atomic E-state index is 13.2. The molecule has 1 aliphatic rings. The summed E-state index contributed by atoms with van der Waals surface area (Å²) in [5.74, 6) is 0.0705. The first-order valence-corrected chi connectivity index (χ1v) is 10.8. The van der Waals surface area contributed by atoms with Crippen LogP contribution in [-0.4, -0.2) is 53.1 Å². The highest BCUT2D eigenvalue weighted by atomic mass is 32.2. The molecule has 3 aromatic rings. The molecule has 1 aromatic heterocycles. The Balaban J connectivity index is 1.45. The predicted molar refractivity (Wildman–Crippen MR) is 116 cm³/mol. The summed E-state index contributed by atoms with van der Waals surface area (Å²) in [5.41, 5.74) is 0.686. The molecule has 0 bridgehead atoms. The van der Waals surface area contributed by atoms with E-state index in [1.807, 2.05) is 35.2 Å². The Hall–Kier alpha value is -3.05. The van der Waals surface area contributed by atoms with Gasteiger partial charge in [0.15, 0.2) is 5.82 Å². The van der Waals surface area contributed by atoms with Gasteiger partial charge in [-0.3, -0.25) is 9.89 Å². The molecule has 4 rings (SSSR count). The monoisotopic (exact) mass is 463 g/mol. The van der Waals surface area contributed by atoms with Crippen molar-refractivity contribution in [2.24, 2.45) is 0 Å². The first kappa shape index (κ1) is 22.2. The third kappa shape index (κ3) is 5.40. The number of amides is 1. The van der Waals surface area contributed by atoms with Crippen LogP contribution in [0.1, 0.15) is 5.56 Å². The van der Waals surface area contributed by atoms with E-state index in [9.17, 15) is 18.0 Å². The number of benzene rings is 2. The van der Waals surface area contributed by atoms with Crippen LogP contribution in [0.4, 0.5) is 24.5 Å². The van der Waals surface area contributed by atoms with Crippen LogP contribution in [0.5, 0.6) is 0 Å². The van der Waals surface area contributed by atoms with E-state index in [0.29, 0.717) is 43.0 Å². The number of halogens is 3. The molecule has 0 saturated carbocycles. The van der Waals surface area contributed by atoms with Gasteiger partial charge in [0.25, 0.3) is 0 Å². The number of carbonyl (C=O) groups is 1. The first-order valence-electron chi connectivity index (χ1n) is 9.84. The number of aromatic nitrogens is 3. The number of nitrogens with one attached hydrogen (secondary N) is 2. The van der Waals surface area contributed by atoms with Crippen molar-refractivity contribution in [3.05, 3.63) is 54.1 Å². The van der Waals surface area contributed by atoms with Crippen LogP contribution in [0.15, 0.2) is 53.7 Å². The van der Waals surface area contributed by atoms with E-state index in [2.05, 4.69) is 20.5 Å². The van der Waals surface area contributed by atoms with Gasteiger partial charge in [-0.15, -0.1) is 5.10 Å². The highest BCUT2D eigenvalue weighted by Gasteiger charge is 2.32. The molecule has 0 atom stereocenters. The molecule has 2 aromatic carbocycles. The minimum atomic E-state index is -4.51. The number of thioether (sulfide) groups is 1. The van der Waals surface area contributed by atoms with E-state index in [1.165, 1.54) is 6.07 Å². The van der Waals surface area contributed by atoms with E-state index in [-0.39, 0.29) is 11.4 Å². The number of nitrogens with zero attached hydrogens (tertiary/aromatic N) is 3. The summed E-state index contributed by atoms with van der Waals surface area (Å²) in [6, 6.07) is 12.8. The van der Waals surface area contributed by atoms with Crippen molar-refractivity contribution in [2.45, 2.75) is 11.3 Å². The number of ether oxygens (including phenoxy) is 1. The zero-order chi connectivity index (χ0) is 22.6. The molecule has 0 spiro atoms. The minimum Gasteiger partial charge on any atom is -0.378 e. The topological polar surface area (TPSA) is 83.1 Å². The molecule has 0 radical (unpaired) electrons. The minimum absolute atomic E-state index is 0.0507. The van der Waals surface area contributed by atoms with Crippen molar-refractivity contribution in [1.82, 2.24) is 15.2 Å². The quantitative estimate of drug-likeness (QED) is 0.537. The van der Waals surface area contributed by atoms with Crippen molar-refractivity contribution in [1.29, 1.82) is 0 Å². The number of alkyl halides is 3. The van der Waals surface area contributed by atoms with Crippen LogP contribution in [0.25, 0.3) is 11.4 Å². The molecule has 0 unspecified atom stereocenters. The zero-order valence-corrected chi connectivity index (χ0v) is 17.7. The number of rotatable bonds is 6.